The Morgan fingerprint density at radius 2 is 1.63 bits per heavy atom. The first-order valence-electron chi connectivity index (χ1n) is 11.7. The van der Waals surface area contributed by atoms with Gasteiger partial charge in [-0.05, 0) is 67.2 Å². The van der Waals surface area contributed by atoms with Gasteiger partial charge in [0.2, 0.25) is 0 Å². The molecule has 7 heteroatoms. The Morgan fingerprint density at radius 1 is 0.943 bits per heavy atom. The topological polar surface area (TPSA) is 63.9 Å². The highest BCUT2D eigenvalue weighted by Gasteiger charge is 2.18. The number of fused-ring (bicyclic) bond motifs is 1. The summed E-state index contributed by atoms with van der Waals surface area (Å²) in [7, 11) is 1.55. The van der Waals surface area contributed by atoms with Crippen molar-refractivity contribution in [2.45, 2.75) is 13.8 Å². The summed E-state index contributed by atoms with van der Waals surface area (Å²) < 4.78 is 30.3. The first kappa shape index (κ1) is 24.3. The van der Waals surface area contributed by atoms with E-state index in [2.05, 4.69) is 24.1 Å². The SMILES string of the molecule is CCN(CC)CCOc1ccc(Nc2c(-c3ccc(F)cc3)c(=O)oc3cc(OC)ccc23)cc1. The summed E-state index contributed by atoms with van der Waals surface area (Å²) in [5.74, 6) is 0.964. The Bertz CT molecular complexity index is 1330. The van der Waals surface area contributed by atoms with Crippen LogP contribution in [0.2, 0.25) is 0 Å². The molecule has 1 aromatic heterocycles. The number of benzene rings is 3. The van der Waals surface area contributed by atoms with Gasteiger partial charge in [0.15, 0.2) is 0 Å². The highest BCUT2D eigenvalue weighted by molar-refractivity contribution is 6.00. The lowest BCUT2D eigenvalue weighted by atomic mass is 10.0. The molecule has 0 aliphatic carbocycles. The highest BCUT2D eigenvalue weighted by atomic mass is 19.1. The number of methoxy groups -OCH3 is 1. The van der Waals surface area contributed by atoms with Crippen LogP contribution < -0.4 is 20.4 Å². The summed E-state index contributed by atoms with van der Waals surface area (Å²) in [5.41, 5.74) is 2.07. The molecule has 0 aliphatic rings. The molecule has 182 valence electrons. The second-order valence-electron chi connectivity index (χ2n) is 8.03. The van der Waals surface area contributed by atoms with Crippen molar-refractivity contribution < 1.29 is 18.3 Å². The highest BCUT2D eigenvalue weighted by Crippen LogP contribution is 2.36. The van der Waals surface area contributed by atoms with Gasteiger partial charge in [-0.25, -0.2) is 9.18 Å². The van der Waals surface area contributed by atoms with E-state index in [0.29, 0.717) is 40.1 Å². The van der Waals surface area contributed by atoms with Crippen molar-refractivity contribution in [3.63, 3.8) is 0 Å². The van der Waals surface area contributed by atoms with Gasteiger partial charge in [0.05, 0.1) is 18.4 Å². The van der Waals surface area contributed by atoms with Crippen LogP contribution in [0.4, 0.5) is 15.8 Å². The Hall–Kier alpha value is -3.84. The van der Waals surface area contributed by atoms with Crippen LogP contribution in [0.3, 0.4) is 0 Å². The van der Waals surface area contributed by atoms with Crippen molar-refractivity contribution in [3.8, 4) is 22.6 Å². The van der Waals surface area contributed by atoms with E-state index in [0.717, 1.165) is 31.1 Å². The molecule has 1 heterocycles. The van der Waals surface area contributed by atoms with E-state index in [-0.39, 0.29) is 5.82 Å². The number of ether oxygens (including phenoxy) is 2. The molecule has 0 saturated heterocycles. The zero-order chi connectivity index (χ0) is 24.8. The molecule has 0 saturated carbocycles. The Morgan fingerprint density at radius 3 is 2.29 bits per heavy atom. The lowest BCUT2D eigenvalue weighted by Gasteiger charge is -2.18. The van der Waals surface area contributed by atoms with Crippen LogP contribution in [0.25, 0.3) is 22.1 Å². The van der Waals surface area contributed by atoms with Gasteiger partial charge in [-0.1, -0.05) is 26.0 Å². The van der Waals surface area contributed by atoms with Crippen LogP contribution in [0.5, 0.6) is 11.5 Å². The smallest absolute Gasteiger partial charge is 0.346 e. The summed E-state index contributed by atoms with van der Waals surface area (Å²) in [5, 5.41) is 4.07. The van der Waals surface area contributed by atoms with Gasteiger partial charge in [0.1, 0.15) is 29.5 Å². The fourth-order valence-electron chi connectivity index (χ4n) is 3.93. The molecular formula is C28H29FN2O4. The van der Waals surface area contributed by atoms with E-state index in [1.165, 1.54) is 12.1 Å². The number of rotatable bonds is 10. The maximum absolute atomic E-state index is 13.6. The lowest BCUT2D eigenvalue weighted by molar-refractivity contribution is 0.223. The zero-order valence-electron chi connectivity index (χ0n) is 20.1. The minimum absolute atomic E-state index is 0.321. The normalized spacial score (nSPS) is 11.1. The van der Waals surface area contributed by atoms with E-state index in [4.69, 9.17) is 13.9 Å². The molecule has 0 bridgehead atoms. The van der Waals surface area contributed by atoms with Crippen molar-refractivity contribution in [1.82, 2.24) is 4.90 Å². The molecule has 0 aliphatic heterocycles. The van der Waals surface area contributed by atoms with Crippen molar-refractivity contribution in [3.05, 3.63) is 83.0 Å². The maximum atomic E-state index is 13.6. The quantitative estimate of drug-likeness (QED) is 0.280. The van der Waals surface area contributed by atoms with Gasteiger partial charge in [-0.15, -0.1) is 0 Å². The molecule has 3 aromatic carbocycles. The molecule has 0 atom stereocenters. The van der Waals surface area contributed by atoms with E-state index in [1.54, 1.807) is 31.4 Å². The van der Waals surface area contributed by atoms with Crippen molar-refractivity contribution >= 4 is 22.3 Å². The van der Waals surface area contributed by atoms with Crippen LogP contribution in [-0.4, -0.2) is 38.3 Å². The number of halogens is 1. The Balaban J connectivity index is 1.67. The monoisotopic (exact) mass is 476 g/mol. The van der Waals surface area contributed by atoms with E-state index in [9.17, 15) is 9.18 Å². The lowest BCUT2D eigenvalue weighted by Crippen LogP contribution is -2.27. The molecule has 1 N–H and O–H groups in total. The molecule has 0 amide bonds. The van der Waals surface area contributed by atoms with Crippen LogP contribution in [0.15, 0.2) is 75.9 Å². The van der Waals surface area contributed by atoms with E-state index in [1.807, 2.05) is 30.3 Å². The minimum Gasteiger partial charge on any atom is -0.497 e. The molecule has 0 fully saturated rings. The number of nitrogens with one attached hydrogen (secondary N) is 1. The summed E-state index contributed by atoms with van der Waals surface area (Å²) in [6.07, 6.45) is 0. The standard InChI is InChI=1S/C28H29FN2O4/c1-4-31(5-2)16-17-34-22-12-10-21(11-13-22)30-27-24-15-14-23(33-3)18-25(24)35-28(32)26(27)19-6-8-20(29)9-7-19/h6-15,18,30H,4-5,16-17H2,1-3H3. The van der Waals surface area contributed by atoms with Crippen LogP contribution >= 0.6 is 0 Å². The first-order chi connectivity index (χ1) is 17.0. The molecule has 0 spiro atoms. The molecular weight excluding hydrogens is 447 g/mol. The summed E-state index contributed by atoms with van der Waals surface area (Å²) in [6.45, 7) is 7.72. The van der Waals surface area contributed by atoms with Crippen molar-refractivity contribution in [2.24, 2.45) is 0 Å². The molecule has 4 rings (SSSR count). The summed E-state index contributed by atoms with van der Waals surface area (Å²) >= 11 is 0. The largest absolute Gasteiger partial charge is 0.497 e. The first-order valence-corrected chi connectivity index (χ1v) is 11.7. The fraction of sp³-hybridized carbons (Fsp3) is 0.250. The summed E-state index contributed by atoms with van der Waals surface area (Å²) in [6, 6.07) is 18.6. The van der Waals surface area contributed by atoms with Crippen molar-refractivity contribution in [2.75, 3.05) is 38.7 Å². The Kier molecular flexibility index (Phi) is 7.67. The van der Waals surface area contributed by atoms with E-state index < -0.39 is 5.63 Å². The van der Waals surface area contributed by atoms with Crippen molar-refractivity contribution in [1.29, 1.82) is 0 Å². The van der Waals surface area contributed by atoms with Crippen LogP contribution in [0, 0.1) is 5.82 Å². The number of likely N-dealkylation sites (N-methyl/N-ethyl adjacent to an activating group) is 1. The van der Waals surface area contributed by atoms with Crippen LogP contribution in [-0.2, 0) is 0 Å². The predicted octanol–water partition coefficient (Wildman–Crippen LogP) is 6.07. The number of hydrogen-bond donors (Lipinski definition) is 1. The fourth-order valence-corrected chi connectivity index (χ4v) is 3.93. The van der Waals surface area contributed by atoms with Gasteiger partial charge < -0.3 is 24.1 Å². The number of anilines is 2. The van der Waals surface area contributed by atoms with Gasteiger partial charge in [-0.2, -0.15) is 0 Å². The number of hydrogen-bond acceptors (Lipinski definition) is 6. The number of nitrogens with zero attached hydrogens (tertiary/aromatic N) is 1. The maximum Gasteiger partial charge on any atom is 0.346 e. The predicted molar refractivity (Wildman–Crippen MR) is 137 cm³/mol. The zero-order valence-corrected chi connectivity index (χ0v) is 20.1. The molecule has 6 nitrogen and oxygen atoms in total. The second-order valence-corrected chi connectivity index (χ2v) is 8.03. The van der Waals surface area contributed by atoms with E-state index >= 15 is 0 Å². The molecule has 4 aromatic rings. The third kappa shape index (κ3) is 5.63. The van der Waals surface area contributed by atoms with Gasteiger partial charge in [0.25, 0.3) is 0 Å². The third-order valence-corrected chi connectivity index (χ3v) is 5.94. The van der Waals surface area contributed by atoms with Gasteiger partial charge >= 0.3 is 5.63 Å². The molecule has 35 heavy (non-hydrogen) atoms. The minimum atomic E-state index is -0.531. The molecule has 0 unspecified atom stereocenters. The molecule has 0 radical (unpaired) electrons. The average molecular weight is 477 g/mol. The summed E-state index contributed by atoms with van der Waals surface area (Å²) in [4.78, 5) is 15.3. The third-order valence-electron chi connectivity index (χ3n) is 5.94. The van der Waals surface area contributed by atoms with Gasteiger partial charge in [0, 0.05) is 23.7 Å². The Labute approximate surface area is 203 Å². The van der Waals surface area contributed by atoms with Crippen LogP contribution in [0.1, 0.15) is 13.8 Å². The second kappa shape index (κ2) is 11.1. The average Bonchev–Trinajstić information content (AvgIpc) is 2.88. The van der Waals surface area contributed by atoms with Gasteiger partial charge in [-0.3, -0.25) is 0 Å².